The molecular formula is C50H27ClN4OS. The molecule has 13 rings (SSSR count). The standard InChI is InChI=1S/C50H27ClN4OS/c51-50-52-45-34-17-7-10-20-41(34)56-47(45)49(53-50)55-40-25-23-29(28-22-24-39-36(26-28)31-14-6-9-19-38(31)54(39)30-12-2-1-3-13-30)27-37(40)43-32-15-4-5-16-33(32)44-35-18-8-11-21-42(35)57-48(44)46(43)55/h1-27H. The molecule has 0 aliphatic rings. The Hall–Kier alpha value is -6.99. The lowest BCUT2D eigenvalue weighted by atomic mass is 9.97. The number of para-hydroxylation sites is 3. The predicted molar refractivity (Wildman–Crippen MR) is 239 cm³/mol. The summed E-state index contributed by atoms with van der Waals surface area (Å²) in [6, 6.07) is 58.5. The summed E-state index contributed by atoms with van der Waals surface area (Å²) in [5.41, 5.74) is 9.94. The number of hydrogen-bond donors (Lipinski definition) is 0. The number of nitrogens with zero attached hydrogens (tertiary/aromatic N) is 4. The molecule has 0 spiro atoms. The first-order chi connectivity index (χ1) is 28.2. The fraction of sp³-hybridized carbons (Fsp3) is 0. The Morgan fingerprint density at radius 3 is 1.91 bits per heavy atom. The smallest absolute Gasteiger partial charge is 0.225 e. The van der Waals surface area contributed by atoms with Crippen LogP contribution in [-0.2, 0) is 0 Å². The van der Waals surface area contributed by atoms with E-state index in [1.807, 2.05) is 35.6 Å². The molecule has 8 aromatic carbocycles. The van der Waals surface area contributed by atoms with Crippen molar-refractivity contribution in [1.29, 1.82) is 0 Å². The van der Waals surface area contributed by atoms with E-state index >= 15 is 0 Å². The van der Waals surface area contributed by atoms with Crippen LogP contribution in [0.1, 0.15) is 0 Å². The molecule has 0 N–H and O–H groups in total. The van der Waals surface area contributed by atoms with Crippen molar-refractivity contribution in [1.82, 2.24) is 19.1 Å². The second-order valence-corrected chi connectivity index (χ2v) is 16.0. The van der Waals surface area contributed by atoms with Gasteiger partial charge in [-0.15, -0.1) is 11.3 Å². The highest BCUT2D eigenvalue weighted by Gasteiger charge is 2.26. The van der Waals surface area contributed by atoms with Crippen LogP contribution in [0.5, 0.6) is 0 Å². The molecular weight excluding hydrogens is 740 g/mol. The third kappa shape index (κ3) is 4.28. The Morgan fingerprint density at radius 2 is 1.11 bits per heavy atom. The molecule has 0 saturated carbocycles. The van der Waals surface area contributed by atoms with Gasteiger partial charge in [0.2, 0.25) is 5.28 Å². The highest BCUT2D eigenvalue weighted by Crippen LogP contribution is 2.49. The SMILES string of the molecule is Clc1nc(-n2c3ccc(-c4ccc5c(c4)c4ccccc4n5-c4ccccc4)cc3c3c4ccccc4c4c5ccccc5sc4c32)c2oc3ccccc3c2n1. The number of hydrogen-bond acceptors (Lipinski definition) is 4. The Kier molecular flexibility index (Phi) is 6.32. The van der Waals surface area contributed by atoms with Gasteiger partial charge >= 0.3 is 0 Å². The van der Waals surface area contributed by atoms with Crippen LogP contribution in [0.3, 0.4) is 0 Å². The first-order valence-electron chi connectivity index (χ1n) is 18.9. The number of benzene rings is 8. The van der Waals surface area contributed by atoms with Crippen molar-refractivity contribution in [3.8, 4) is 22.6 Å². The van der Waals surface area contributed by atoms with Crippen LogP contribution in [0.4, 0.5) is 0 Å². The molecule has 13 aromatic rings. The third-order valence-corrected chi connectivity index (χ3v) is 13.0. The summed E-state index contributed by atoms with van der Waals surface area (Å²) in [5, 5.41) is 10.7. The maximum Gasteiger partial charge on any atom is 0.225 e. The zero-order valence-electron chi connectivity index (χ0n) is 30.1. The Balaban J connectivity index is 1.17. The zero-order chi connectivity index (χ0) is 37.4. The predicted octanol–water partition coefficient (Wildman–Crippen LogP) is 14.4. The van der Waals surface area contributed by atoms with Gasteiger partial charge in [-0.1, -0.05) is 103 Å². The van der Waals surface area contributed by atoms with Crippen LogP contribution < -0.4 is 0 Å². The summed E-state index contributed by atoms with van der Waals surface area (Å²) in [6.45, 7) is 0. The quantitative estimate of drug-likeness (QED) is 0.168. The van der Waals surface area contributed by atoms with Gasteiger partial charge in [0.15, 0.2) is 11.4 Å². The summed E-state index contributed by atoms with van der Waals surface area (Å²) in [6.07, 6.45) is 0. The second kappa shape index (κ2) is 11.5. The van der Waals surface area contributed by atoms with Gasteiger partial charge in [-0.2, -0.15) is 4.98 Å². The minimum absolute atomic E-state index is 0.173. The van der Waals surface area contributed by atoms with Gasteiger partial charge in [-0.25, -0.2) is 4.98 Å². The van der Waals surface area contributed by atoms with E-state index in [-0.39, 0.29) is 5.28 Å². The molecule has 5 aromatic heterocycles. The van der Waals surface area contributed by atoms with Gasteiger partial charge in [0.25, 0.3) is 0 Å². The molecule has 266 valence electrons. The first-order valence-corrected chi connectivity index (χ1v) is 20.1. The van der Waals surface area contributed by atoms with Crippen LogP contribution >= 0.6 is 22.9 Å². The minimum Gasteiger partial charge on any atom is -0.450 e. The van der Waals surface area contributed by atoms with Crippen molar-refractivity contribution in [3.63, 3.8) is 0 Å². The van der Waals surface area contributed by atoms with Gasteiger partial charge in [0.1, 0.15) is 11.1 Å². The average molecular weight is 767 g/mol. The first kappa shape index (κ1) is 31.2. The Labute approximate surface area is 333 Å². The summed E-state index contributed by atoms with van der Waals surface area (Å²) < 4.78 is 13.7. The molecule has 0 atom stereocenters. The topological polar surface area (TPSA) is 48.8 Å². The summed E-state index contributed by atoms with van der Waals surface area (Å²) in [7, 11) is 0. The fourth-order valence-electron chi connectivity index (χ4n) is 9.29. The monoisotopic (exact) mass is 766 g/mol. The van der Waals surface area contributed by atoms with Crippen LogP contribution in [-0.4, -0.2) is 19.1 Å². The van der Waals surface area contributed by atoms with E-state index in [9.17, 15) is 0 Å². The van der Waals surface area contributed by atoms with E-state index in [1.165, 1.54) is 58.1 Å². The maximum atomic E-state index is 6.84. The summed E-state index contributed by atoms with van der Waals surface area (Å²) >= 11 is 8.65. The molecule has 0 saturated heterocycles. The molecule has 5 nitrogen and oxygen atoms in total. The van der Waals surface area contributed by atoms with E-state index in [1.54, 1.807) is 0 Å². The van der Waals surface area contributed by atoms with Gasteiger partial charge in [0, 0.05) is 48.1 Å². The molecule has 57 heavy (non-hydrogen) atoms. The van der Waals surface area contributed by atoms with E-state index in [4.69, 9.17) is 26.0 Å². The minimum atomic E-state index is 0.173. The summed E-state index contributed by atoms with van der Waals surface area (Å²) in [4.78, 5) is 9.69. The Morgan fingerprint density at radius 1 is 0.491 bits per heavy atom. The number of furan rings is 1. The summed E-state index contributed by atoms with van der Waals surface area (Å²) in [5.74, 6) is 0.623. The number of halogens is 1. The number of thiophene rings is 1. The van der Waals surface area contributed by atoms with Crippen molar-refractivity contribution >= 4 is 120 Å². The van der Waals surface area contributed by atoms with E-state index in [2.05, 4.69) is 149 Å². The molecule has 0 unspecified atom stereocenters. The van der Waals surface area contributed by atoms with Gasteiger partial charge in [-0.05, 0) is 94.2 Å². The highest BCUT2D eigenvalue weighted by atomic mass is 35.5. The van der Waals surface area contributed by atoms with Crippen molar-refractivity contribution in [3.05, 3.63) is 169 Å². The van der Waals surface area contributed by atoms with Crippen LogP contribution in [0.15, 0.2) is 168 Å². The normalized spacial score (nSPS) is 12.3. The highest BCUT2D eigenvalue weighted by molar-refractivity contribution is 7.27. The zero-order valence-corrected chi connectivity index (χ0v) is 31.6. The molecule has 0 radical (unpaired) electrons. The largest absolute Gasteiger partial charge is 0.450 e. The molecule has 0 fully saturated rings. The molecule has 7 heteroatoms. The van der Waals surface area contributed by atoms with Gasteiger partial charge in [-0.3, -0.25) is 4.57 Å². The third-order valence-electron chi connectivity index (χ3n) is 11.7. The van der Waals surface area contributed by atoms with Crippen LogP contribution in [0.2, 0.25) is 5.28 Å². The van der Waals surface area contributed by atoms with Crippen molar-refractivity contribution in [2.75, 3.05) is 0 Å². The van der Waals surface area contributed by atoms with Gasteiger partial charge in [0.05, 0.1) is 26.8 Å². The van der Waals surface area contributed by atoms with E-state index in [0.717, 1.165) is 44.2 Å². The lowest BCUT2D eigenvalue weighted by molar-refractivity contribution is 0.662. The molecule has 5 heterocycles. The average Bonchev–Trinajstić information content (AvgIpc) is 4.01. The van der Waals surface area contributed by atoms with Crippen molar-refractivity contribution < 1.29 is 4.42 Å². The number of fused-ring (bicyclic) bond motifs is 16. The van der Waals surface area contributed by atoms with Crippen molar-refractivity contribution in [2.24, 2.45) is 0 Å². The molecule has 0 aliphatic carbocycles. The molecule has 0 amide bonds. The number of aromatic nitrogens is 4. The second-order valence-electron chi connectivity index (χ2n) is 14.7. The van der Waals surface area contributed by atoms with Gasteiger partial charge < -0.3 is 8.98 Å². The van der Waals surface area contributed by atoms with E-state index in [0.29, 0.717) is 16.9 Å². The van der Waals surface area contributed by atoms with Crippen molar-refractivity contribution in [2.45, 2.75) is 0 Å². The maximum absolute atomic E-state index is 6.84. The lowest BCUT2D eigenvalue weighted by Gasteiger charge is -2.10. The fourth-order valence-corrected chi connectivity index (χ4v) is 10.7. The lowest BCUT2D eigenvalue weighted by Crippen LogP contribution is -2.00. The number of rotatable bonds is 3. The van der Waals surface area contributed by atoms with E-state index < -0.39 is 0 Å². The van der Waals surface area contributed by atoms with Crippen LogP contribution in [0.25, 0.3) is 119 Å². The molecule has 0 bridgehead atoms. The molecule has 0 aliphatic heterocycles. The van der Waals surface area contributed by atoms with Crippen LogP contribution in [0, 0.1) is 0 Å². The Bertz CT molecular complexity index is 3840.